The molecule has 138 valence electrons. The van der Waals surface area contributed by atoms with Gasteiger partial charge in [-0.3, -0.25) is 9.67 Å². The number of aliphatic hydroxyl groups excluding tert-OH is 1. The minimum Gasteiger partial charge on any atom is -0.368 e. The Bertz CT molecular complexity index is 1110. The third-order valence-electron chi connectivity index (χ3n) is 3.79. The summed E-state index contributed by atoms with van der Waals surface area (Å²) in [6.45, 7) is 0. The first-order valence-electron chi connectivity index (χ1n) is 7.86. The number of halogens is 2. The molecular weight excluding hydrogens is 375 g/mol. The van der Waals surface area contributed by atoms with E-state index in [-0.39, 0.29) is 16.5 Å². The number of anilines is 3. The first kappa shape index (κ1) is 17.2. The maximum absolute atomic E-state index is 13.8. The summed E-state index contributed by atoms with van der Waals surface area (Å²) in [7, 11) is 1.80. The highest BCUT2D eigenvalue weighted by Crippen LogP contribution is 2.26. The van der Waals surface area contributed by atoms with Crippen molar-refractivity contribution in [3.63, 3.8) is 0 Å². The van der Waals surface area contributed by atoms with Crippen LogP contribution in [-0.4, -0.2) is 34.5 Å². The summed E-state index contributed by atoms with van der Waals surface area (Å²) in [5.41, 5.74) is 1.37. The third-order valence-corrected chi connectivity index (χ3v) is 3.97. The summed E-state index contributed by atoms with van der Waals surface area (Å²) in [6.07, 6.45) is 4.41. The Hall–Kier alpha value is -3.24. The maximum atomic E-state index is 13.8. The van der Waals surface area contributed by atoms with Gasteiger partial charge in [0.1, 0.15) is 5.69 Å². The molecule has 1 atom stereocenters. The number of nitrogens with one attached hydrogen (secondary N) is 2. The van der Waals surface area contributed by atoms with E-state index in [4.69, 9.17) is 11.6 Å². The Balaban J connectivity index is 1.69. The number of aryl methyl sites for hydroxylation is 1. The first-order valence-corrected chi connectivity index (χ1v) is 8.24. The van der Waals surface area contributed by atoms with Crippen LogP contribution in [0.1, 0.15) is 11.9 Å². The molecule has 0 aliphatic carbocycles. The molecular formula is C16H14ClFN8O. The average Bonchev–Trinajstić information content (AvgIpc) is 3.23. The summed E-state index contributed by atoms with van der Waals surface area (Å²) in [4.78, 5) is 7.96. The third kappa shape index (κ3) is 3.39. The molecule has 0 fully saturated rings. The van der Waals surface area contributed by atoms with Crippen LogP contribution in [0.2, 0.25) is 5.15 Å². The predicted molar refractivity (Wildman–Crippen MR) is 97.3 cm³/mol. The Morgan fingerprint density at radius 3 is 2.81 bits per heavy atom. The zero-order valence-corrected chi connectivity index (χ0v) is 14.8. The van der Waals surface area contributed by atoms with Crippen molar-refractivity contribution in [1.29, 1.82) is 0 Å². The Kier molecular flexibility index (Phi) is 4.34. The van der Waals surface area contributed by atoms with E-state index in [1.165, 1.54) is 23.0 Å². The standard InChI is InChI=1S/C16H14ClFN8O/c1-25-5-3-14(24-25)21-11-6-13(17)23-26-12(8-20-15(11)26)16(27)22-10-2-4-19-7-9(10)18/h2-8,16,27H,1H3,(H,19,22)(H,21,24). The SMILES string of the molecule is Cn1ccc(Nc2cc(Cl)nn3c(C(O)Nc4ccncc4F)cnc23)n1. The quantitative estimate of drug-likeness (QED) is 0.451. The molecule has 0 saturated heterocycles. The molecule has 4 heterocycles. The van der Waals surface area contributed by atoms with Crippen LogP contribution < -0.4 is 10.6 Å². The van der Waals surface area contributed by atoms with Crippen LogP contribution in [0.4, 0.5) is 21.6 Å². The molecule has 9 nitrogen and oxygen atoms in total. The van der Waals surface area contributed by atoms with Crippen LogP contribution in [0.5, 0.6) is 0 Å². The van der Waals surface area contributed by atoms with Crippen molar-refractivity contribution in [3.8, 4) is 0 Å². The van der Waals surface area contributed by atoms with Crippen molar-refractivity contribution in [2.45, 2.75) is 6.23 Å². The number of aromatic nitrogens is 6. The van der Waals surface area contributed by atoms with E-state index >= 15 is 0 Å². The summed E-state index contributed by atoms with van der Waals surface area (Å²) in [6, 6.07) is 4.80. The molecule has 0 spiro atoms. The van der Waals surface area contributed by atoms with Crippen LogP contribution in [0.15, 0.2) is 43.0 Å². The molecule has 0 radical (unpaired) electrons. The summed E-state index contributed by atoms with van der Waals surface area (Å²) in [5, 5.41) is 24.9. The molecule has 0 aliphatic rings. The van der Waals surface area contributed by atoms with Crippen LogP contribution in [0.3, 0.4) is 0 Å². The van der Waals surface area contributed by atoms with E-state index < -0.39 is 12.0 Å². The minimum atomic E-state index is -1.27. The molecule has 4 aromatic rings. The molecule has 27 heavy (non-hydrogen) atoms. The zero-order valence-electron chi connectivity index (χ0n) is 14.0. The van der Waals surface area contributed by atoms with E-state index in [9.17, 15) is 9.50 Å². The Morgan fingerprint density at radius 2 is 2.07 bits per heavy atom. The lowest BCUT2D eigenvalue weighted by molar-refractivity contribution is 0.200. The molecule has 0 amide bonds. The molecule has 11 heteroatoms. The smallest absolute Gasteiger partial charge is 0.177 e. The number of fused-ring (bicyclic) bond motifs is 1. The lowest BCUT2D eigenvalue weighted by Crippen LogP contribution is -2.14. The van der Waals surface area contributed by atoms with Crippen LogP contribution >= 0.6 is 11.6 Å². The van der Waals surface area contributed by atoms with Crippen LogP contribution in [0, 0.1) is 5.82 Å². The summed E-state index contributed by atoms with van der Waals surface area (Å²) >= 11 is 6.12. The van der Waals surface area contributed by atoms with Gasteiger partial charge in [-0.2, -0.15) is 10.2 Å². The fourth-order valence-corrected chi connectivity index (χ4v) is 2.75. The molecule has 4 aromatic heterocycles. The minimum absolute atomic E-state index is 0.0984. The van der Waals surface area contributed by atoms with Gasteiger partial charge in [0, 0.05) is 31.6 Å². The van der Waals surface area contributed by atoms with Gasteiger partial charge in [0.15, 0.2) is 28.7 Å². The molecule has 0 aromatic carbocycles. The first-order chi connectivity index (χ1) is 13.0. The Labute approximate surface area is 157 Å². The monoisotopic (exact) mass is 388 g/mol. The van der Waals surface area contributed by atoms with Crippen molar-refractivity contribution in [2.24, 2.45) is 7.05 Å². The van der Waals surface area contributed by atoms with Gasteiger partial charge < -0.3 is 15.7 Å². The van der Waals surface area contributed by atoms with Crippen molar-refractivity contribution < 1.29 is 9.50 Å². The maximum Gasteiger partial charge on any atom is 0.177 e. The second-order valence-corrected chi connectivity index (χ2v) is 6.09. The molecule has 0 bridgehead atoms. The van der Waals surface area contributed by atoms with E-state index in [0.29, 0.717) is 17.2 Å². The lowest BCUT2D eigenvalue weighted by Gasteiger charge is -2.14. The van der Waals surface area contributed by atoms with Crippen molar-refractivity contribution >= 4 is 34.4 Å². The predicted octanol–water partition coefficient (Wildman–Crippen LogP) is 2.50. The number of imidazole rings is 1. The highest BCUT2D eigenvalue weighted by Gasteiger charge is 2.18. The second-order valence-electron chi connectivity index (χ2n) is 5.70. The lowest BCUT2D eigenvalue weighted by atomic mass is 10.3. The highest BCUT2D eigenvalue weighted by atomic mass is 35.5. The van der Waals surface area contributed by atoms with Crippen LogP contribution in [0.25, 0.3) is 5.65 Å². The molecule has 3 N–H and O–H groups in total. The number of rotatable bonds is 5. The van der Waals surface area contributed by atoms with Gasteiger partial charge in [-0.25, -0.2) is 13.9 Å². The molecule has 0 aliphatic heterocycles. The highest BCUT2D eigenvalue weighted by molar-refractivity contribution is 6.29. The Morgan fingerprint density at radius 1 is 1.22 bits per heavy atom. The fourth-order valence-electron chi connectivity index (χ4n) is 2.57. The molecule has 4 rings (SSSR count). The van der Waals surface area contributed by atoms with Gasteiger partial charge >= 0.3 is 0 Å². The number of hydrogen-bond acceptors (Lipinski definition) is 7. The number of pyridine rings is 1. The number of nitrogens with zero attached hydrogens (tertiary/aromatic N) is 6. The van der Waals surface area contributed by atoms with Gasteiger partial charge in [-0.1, -0.05) is 11.6 Å². The van der Waals surface area contributed by atoms with Crippen LogP contribution in [-0.2, 0) is 7.05 Å². The summed E-state index contributed by atoms with van der Waals surface area (Å²) < 4.78 is 16.8. The van der Waals surface area contributed by atoms with E-state index in [2.05, 4.69) is 30.8 Å². The number of hydrogen-bond donors (Lipinski definition) is 3. The van der Waals surface area contributed by atoms with Crippen molar-refractivity contribution in [1.82, 2.24) is 29.4 Å². The second kappa shape index (κ2) is 6.82. The van der Waals surface area contributed by atoms with E-state index in [1.807, 2.05) is 0 Å². The summed E-state index contributed by atoms with van der Waals surface area (Å²) in [5.74, 6) is 0.0117. The topological polar surface area (TPSA) is 105 Å². The van der Waals surface area contributed by atoms with E-state index in [1.54, 1.807) is 30.1 Å². The average molecular weight is 389 g/mol. The largest absolute Gasteiger partial charge is 0.368 e. The molecule has 0 saturated carbocycles. The van der Waals surface area contributed by atoms with Gasteiger partial charge in [0.05, 0.1) is 23.8 Å². The number of aliphatic hydroxyl groups is 1. The van der Waals surface area contributed by atoms with E-state index in [0.717, 1.165) is 6.20 Å². The van der Waals surface area contributed by atoms with Gasteiger partial charge in [-0.05, 0) is 6.07 Å². The van der Waals surface area contributed by atoms with Gasteiger partial charge in [0.25, 0.3) is 0 Å². The molecule has 1 unspecified atom stereocenters. The zero-order chi connectivity index (χ0) is 19.0. The normalized spacial score (nSPS) is 12.3. The fraction of sp³-hybridized carbons (Fsp3) is 0.125. The van der Waals surface area contributed by atoms with Gasteiger partial charge in [0.2, 0.25) is 0 Å². The van der Waals surface area contributed by atoms with Gasteiger partial charge in [-0.15, -0.1) is 0 Å². The van der Waals surface area contributed by atoms with Crippen molar-refractivity contribution in [3.05, 3.63) is 59.7 Å². The van der Waals surface area contributed by atoms with Crippen molar-refractivity contribution in [2.75, 3.05) is 10.6 Å².